The highest BCUT2D eigenvalue weighted by Crippen LogP contribution is 2.21. The van der Waals surface area contributed by atoms with Crippen molar-refractivity contribution < 1.29 is 18.7 Å². The van der Waals surface area contributed by atoms with Crippen molar-refractivity contribution in [2.45, 2.75) is 6.04 Å². The smallest absolute Gasteiger partial charge is 0.313 e. The molecular formula is C21H21FN4O3. The van der Waals surface area contributed by atoms with Gasteiger partial charge >= 0.3 is 11.8 Å². The first-order valence-corrected chi connectivity index (χ1v) is 9.24. The first-order valence-electron chi connectivity index (χ1n) is 9.24. The van der Waals surface area contributed by atoms with Crippen LogP contribution >= 0.6 is 0 Å². The average molecular weight is 396 g/mol. The molecule has 0 saturated carbocycles. The zero-order valence-electron chi connectivity index (χ0n) is 15.7. The minimum atomic E-state index is -0.854. The van der Waals surface area contributed by atoms with Crippen molar-refractivity contribution in [1.29, 1.82) is 5.26 Å². The van der Waals surface area contributed by atoms with E-state index in [9.17, 15) is 14.0 Å². The van der Waals surface area contributed by atoms with Crippen LogP contribution in [0, 0.1) is 17.1 Å². The number of nitriles is 1. The highest BCUT2D eigenvalue weighted by atomic mass is 19.1. The zero-order valence-corrected chi connectivity index (χ0v) is 15.7. The monoisotopic (exact) mass is 396 g/mol. The fourth-order valence-corrected chi connectivity index (χ4v) is 3.17. The van der Waals surface area contributed by atoms with E-state index in [2.05, 4.69) is 15.5 Å². The second-order valence-electron chi connectivity index (χ2n) is 6.54. The molecule has 1 aliphatic heterocycles. The van der Waals surface area contributed by atoms with Crippen LogP contribution in [0.25, 0.3) is 0 Å². The number of nitrogens with zero attached hydrogens (tertiary/aromatic N) is 2. The SMILES string of the molecule is N#Cc1ccccc1NC(=O)C(=O)NC[C@H](c1ccc(F)cc1)N1CCOCC1. The number of halogens is 1. The Labute approximate surface area is 168 Å². The van der Waals surface area contributed by atoms with Gasteiger partial charge in [-0.1, -0.05) is 24.3 Å². The van der Waals surface area contributed by atoms with E-state index in [4.69, 9.17) is 10.00 Å². The standard InChI is InChI=1S/C21H21FN4O3/c22-17-7-5-15(6-8-17)19(26-9-11-29-12-10-26)14-24-20(27)21(28)25-18-4-2-1-3-16(18)13-23/h1-8,19H,9-12,14H2,(H,24,27)(H,25,28)/t19-/m1/s1. The molecule has 0 unspecified atom stereocenters. The highest BCUT2D eigenvalue weighted by molar-refractivity contribution is 6.39. The highest BCUT2D eigenvalue weighted by Gasteiger charge is 2.24. The Balaban J connectivity index is 1.66. The minimum absolute atomic E-state index is 0.178. The number of rotatable bonds is 5. The number of morpholine rings is 1. The van der Waals surface area contributed by atoms with Gasteiger partial charge in [-0.25, -0.2) is 4.39 Å². The van der Waals surface area contributed by atoms with E-state index in [1.807, 2.05) is 6.07 Å². The molecule has 2 aromatic rings. The van der Waals surface area contributed by atoms with Gasteiger partial charge in [0.05, 0.1) is 30.5 Å². The van der Waals surface area contributed by atoms with Gasteiger partial charge in [0.15, 0.2) is 0 Å². The van der Waals surface area contributed by atoms with Crippen LogP contribution in [0.2, 0.25) is 0 Å². The Morgan fingerprint density at radius 3 is 2.48 bits per heavy atom. The molecule has 29 heavy (non-hydrogen) atoms. The second-order valence-corrected chi connectivity index (χ2v) is 6.54. The first kappa shape index (κ1) is 20.5. The van der Waals surface area contributed by atoms with Crippen molar-refractivity contribution in [3.8, 4) is 6.07 Å². The number of hydrogen-bond donors (Lipinski definition) is 2. The van der Waals surface area contributed by atoms with Crippen LogP contribution in [-0.2, 0) is 14.3 Å². The molecule has 2 amide bonds. The lowest BCUT2D eigenvalue weighted by molar-refractivity contribution is -0.136. The number of nitrogens with one attached hydrogen (secondary N) is 2. The molecule has 3 rings (SSSR count). The summed E-state index contributed by atoms with van der Waals surface area (Å²) in [5.41, 5.74) is 1.38. The molecule has 2 N–H and O–H groups in total. The summed E-state index contributed by atoms with van der Waals surface area (Å²) in [6, 6.07) is 14.3. The summed E-state index contributed by atoms with van der Waals surface area (Å²) in [6.45, 7) is 2.64. The number of para-hydroxylation sites is 1. The number of benzene rings is 2. The molecule has 7 nitrogen and oxygen atoms in total. The number of hydrogen-bond acceptors (Lipinski definition) is 5. The molecular weight excluding hydrogens is 375 g/mol. The van der Waals surface area contributed by atoms with E-state index in [0.717, 1.165) is 5.56 Å². The minimum Gasteiger partial charge on any atom is -0.379 e. The van der Waals surface area contributed by atoms with E-state index in [1.54, 1.807) is 36.4 Å². The van der Waals surface area contributed by atoms with Crippen LogP contribution in [0.1, 0.15) is 17.2 Å². The molecule has 2 aromatic carbocycles. The van der Waals surface area contributed by atoms with Gasteiger partial charge < -0.3 is 15.4 Å². The maximum absolute atomic E-state index is 13.3. The largest absolute Gasteiger partial charge is 0.379 e. The van der Waals surface area contributed by atoms with Crippen LogP contribution in [0.15, 0.2) is 48.5 Å². The fourth-order valence-electron chi connectivity index (χ4n) is 3.17. The van der Waals surface area contributed by atoms with Gasteiger partial charge in [0.1, 0.15) is 11.9 Å². The number of carbonyl (C=O) groups excluding carboxylic acids is 2. The van der Waals surface area contributed by atoms with Gasteiger partial charge in [0, 0.05) is 19.6 Å². The van der Waals surface area contributed by atoms with Gasteiger partial charge in [-0.2, -0.15) is 5.26 Å². The maximum Gasteiger partial charge on any atom is 0.313 e. The van der Waals surface area contributed by atoms with Crippen molar-refractivity contribution in [3.63, 3.8) is 0 Å². The van der Waals surface area contributed by atoms with Gasteiger partial charge in [-0.05, 0) is 29.8 Å². The maximum atomic E-state index is 13.3. The molecule has 0 spiro atoms. The van der Waals surface area contributed by atoms with E-state index < -0.39 is 11.8 Å². The molecule has 1 aliphatic rings. The Kier molecular flexibility index (Phi) is 6.89. The number of amides is 2. The summed E-state index contributed by atoms with van der Waals surface area (Å²) >= 11 is 0. The lowest BCUT2D eigenvalue weighted by Crippen LogP contribution is -2.45. The molecule has 0 aromatic heterocycles. The van der Waals surface area contributed by atoms with Crippen LogP contribution in [0.5, 0.6) is 0 Å². The predicted molar refractivity (Wildman–Crippen MR) is 104 cm³/mol. The first-order chi connectivity index (χ1) is 14.1. The van der Waals surface area contributed by atoms with Gasteiger partial charge in [0.2, 0.25) is 0 Å². The van der Waals surface area contributed by atoms with Gasteiger partial charge in [-0.3, -0.25) is 14.5 Å². The number of anilines is 1. The lowest BCUT2D eigenvalue weighted by Gasteiger charge is -2.34. The zero-order chi connectivity index (χ0) is 20.6. The van der Waals surface area contributed by atoms with E-state index in [1.165, 1.54) is 12.1 Å². The molecule has 150 valence electrons. The third-order valence-electron chi connectivity index (χ3n) is 4.70. The summed E-state index contributed by atoms with van der Waals surface area (Å²) < 4.78 is 18.7. The number of ether oxygens (including phenoxy) is 1. The quantitative estimate of drug-likeness (QED) is 0.752. The molecule has 1 heterocycles. The van der Waals surface area contributed by atoms with E-state index in [0.29, 0.717) is 26.3 Å². The van der Waals surface area contributed by atoms with Crippen molar-refractivity contribution in [1.82, 2.24) is 10.2 Å². The summed E-state index contributed by atoms with van der Waals surface area (Å²) in [5, 5.41) is 14.2. The third kappa shape index (κ3) is 5.38. The lowest BCUT2D eigenvalue weighted by atomic mass is 10.0. The Morgan fingerprint density at radius 1 is 1.10 bits per heavy atom. The Hall–Kier alpha value is -3.28. The fraction of sp³-hybridized carbons (Fsp3) is 0.286. The average Bonchev–Trinajstić information content (AvgIpc) is 2.76. The molecule has 0 aliphatic carbocycles. The number of carbonyl (C=O) groups is 2. The molecule has 1 fully saturated rings. The van der Waals surface area contributed by atoms with E-state index >= 15 is 0 Å². The van der Waals surface area contributed by atoms with Crippen molar-refractivity contribution >= 4 is 17.5 Å². The molecule has 1 atom stereocenters. The molecule has 0 bridgehead atoms. The van der Waals surface area contributed by atoms with Crippen LogP contribution < -0.4 is 10.6 Å². The van der Waals surface area contributed by atoms with Crippen LogP contribution in [0.3, 0.4) is 0 Å². The summed E-state index contributed by atoms with van der Waals surface area (Å²) in [6.07, 6.45) is 0. The molecule has 1 saturated heterocycles. The normalized spacial score (nSPS) is 15.2. The Morgan fingerprint density at radius 2 is 1.79 bits per heavy atom. The van der Waals surface area contributed by atoms with Crippen molar-refractivity contribution in [2.75, 3.05) is 38.2 Å². The summed E-state index contributed by atoms with van der Waals surface area (Å²) in [5.74, 6) is -2.00. The molecule has 8 heteroatoms. The second kappa shape index (κ2) is 9.78. The third-order valence-corrected chi connectivity index (χ3v) is 4.70. The molecule has 0 radical (unpaired) electrons. The topological polar surface area (TPSA) is 94.5 Å². The Bertz CT molecular complexity index is 905. The van der Waals surface area contributed by atoms with Gasteiger partial charge in [-0.15, -0.1) is 0 Å². The van der Waals surface area contributed by atoms with Crippen molar-refractivity contribution in [3.05, 3.63) is 65.5 Å². The van der Waals surface area contributed by atoms with Crippen LogP contribution in [0.4, 0.5) is 10.1 Å². The predicted octanol–water partition coefficient (Wildman–Crippen LogP) is 1.83. The van der Waals surface area contributed by atoms with Crippen molar-refractivity contribution in [2.24, 2.45) is 0 Å². The summed E-state index contributed by atoms with van der Waals surface area (Å²) in [4.78, 5) is 26.7. The van der Waals surface area contributed by atoms with E-state index in [-0.39, 0.29) is 29.7 Å². The van der Waals surface area contributed by atoms with Gasteiger partial charge in [0.25, 0.3) is 0 Å². The van der Waals surface area contributed by atoms with Crippen LogP contribution in [-0.4, -0.2) is 49.6 Å². The summed E-state index contributed by atoms with van der Waals surface area (Å²) in [7, 11) is 0.